The third-order valence-corrected chi connectivity index (χ3v) is 9.68. The van der Waals surface area contributed by atoms with Crippen LogP contribution in [0.15, 0.2) is 53.7 Å². The molecule has 0 N–H and O–H groups in total. The molecule has 4 aromatic rings. The van der Waals surface area contributed by atoms with Gasteiger partial charge in [0.25, 0.3) is 0 Å². The van der Waals surface area contributed by atoms with Gasteiger partial charge in [0, 0.05) is 44.7 Å². The Bertz CT molecular complexity index is 1650. The van der Waals surface area contributed by atoms with Crippen LogP contribution in [0.5, 0.6) is 0 Å². The number of sulfonamides is 1. The van der Waals surface area contributed by atoms with E-state index < -0.39 is 28.2 Å². The molecule has 0 radical (unpaired) electrons. The molecule has 1 unspecified atom stereocenters. The zero-order valence-electron chi connectivity index (χ0n) is 22.5. The fourth-order valence-corrected chi connectivity index (χ4v) is 6.82. The number of nitrogens with zero attached hydrogens (tertiary/aromatic N) is 6. The molecule has 1 saturated heterocycles. The predicted molar refractivity (Wildman–Crippen MR) is 142 cm³/mol. The molecule has 1 aliphatic heterocycles. The molecule has 0 spiro atoms. The third-order valence-electron chi connectivity index (χ3n) is 7.72. The number of benzene rings is 2. The summed E-state index contributed by atoms with van der Waals surface area (Å²) in [5.41, 5.74) is 3.39. The van der Waals surface area contributed by atoms with Crippen LogP contribution in [0, 0.1) is 25.6 Å². The highest BCUT2D eigenvalue weighted by molar-refractivity contribution is 7.89. The number of halogens is 4. The lowest BCUT2D eigenvalue weighted by Crippen LogP contribution is -2.52. The number of fused-ring (bicyclic) bond motifs is 1. The van der Waals surface area contributed by atoms with Crippen molar-refractivity contribution in [2.45, 2.75) is 37.9 Å². The number of hydrogen-bond donors (Lipinski definition) is 0. The Kier molecular flexibility index (Phi) is 7.26. The van der Waals surface area contributed by atoms with Gasteiger partial charge in [0.2, 0.25) is 10.0 Å². The highest BCUT2D eigenvalue weighted by atomic mass is 32.2. The second-order valence-electron chi connectivity index (χ2n) is 10.3. The van der Waals surface area contributed by atoms with Crippen molar-refractivity contribution in [2.75, 3.05) is 26.2 Å². The lowest BCUT2D eigenvalue weighted by atomic mass is 9.95. The van der Waals surface area contributed by atoms with Gasteiger partial charge in [-0.3, -0.25) is 9.58 Å². The maximum atomic E-state index is 13.6. The fraction of sp³-hybridized carbons (Fsp3) is 0.407. The van der Waals surface area contributed by atoms with E-state index in [0.717, 1.165) is 29.0 Å². The van der Waals surface area contributed by atoms with Crippen LogP contribution in [0.1, 0.15) is 29.8 Å². The Balaban J connectivity index is 1.55. The molecule has 1 fully saturated rings. The van der Waals surface area contributed by atoms with Gasteiger partial charge in [-0.15, -0.1) is 0 Å². The van der Waals surface area contributed by atoms with Gasteiger partial charge >= 0.3 is 6.18 Å². The summed E-state index contributed by atoms with van der Waals surface area (Å²) in [6.45, 7) is 4.57. The standard InChI is InChI=1S/C27H30F4N6O2S/c1-17-11-24-20(13-33-37(24)22-7-5-21(28)6-8-22)12-23(17)25-16-36(10-9-35(25)15-18(2)27(29,30)31)40(38,39)26-14-32-34(4)19(26)3/h5-8,11-14,18,25H,9-10,15-16H2,1-4H3/t18?,25-/m0/s1. The van der Waals surface area contributed by atoms with Crippen molar-refractivity contribution in [1.29, 1.82) is 0 Å². The zero-order valence-corrected chi connectivity index (χ0v) is 23.3. The van der Waals surface area contributed by atoms with E-state index in [1.54, 1.807) is 41.9 Å². The van der Waals surface area contributed by atoms with Crippen LogP contribution in [0.2, 0.25) is 0 Å². The van der Waals surface area contributed by atoms with E-state index in [2.05, 4.69) is 10.2 Å². The maximum Gasteiger partial charge on any atom is 0.392 e. The van der Waals surface area contributed by atoms with Crippen LogP contribution in [-0.2, 0) is 17.1 Å². The lowest BCUT2D eigenvalue weighted by Gasteiger charge is -2.42. The van der Waals surface area contributed by atoms with Crippen molar-refractivity contribution in [3.8, 4) is 5.69 Å². The minimum atomic E-state index is -4.38. The Morgan fingerprint density at radius 3 is 2.38 bits per heavy atom. The Morgan fingerprint density at radius 1 is 1.05 bits per heavy atom. The molecular weight excluding hydrogens is 548 g/mol. The molecule has 2 atom stereocenters. The van der Waals surface area contributed by atoms with Crippen LogP contribution in [0.25, 0.3) is 16.6 Å². The second-order valence-corrected chi connectivity index (χ2v) is 12.2. The van der Waals surface area contributed by atoms with Gasteiger partial charge in [0.1, 0.15) is 10.7 Å². The normalized spacial score (nSPS) is 18.4. The smallest absolute Gasteiger partial charge is 0.293 e. The third kappa shape index (κ3) is 5.13. The minimum Gasteiger partial charge on any atom is -0.293 e. The highest BCUT2D eigenvalue weighted by Gasteiger charge is 2.42. The lowest BCUT2D eigenvalue weighted by molar-refractivity contribution is -0.176. The fourth-order valence-electron chi connectivity index (χ4n) is 5.20. The highest BCUT2D eigenvalue weighted by Crippen LogP contribution is 2.36. The molecule has 0 saturated carbocycles. The molecule has 0 aliphatic carbocycles. The Hall–Kier alpha value is -3.29. The summed E-state index contributed by atoms with van der Waals surface area (Å²) in [7, 11) is -2.28. The van der Waals surface area contributed by atoms with Crippen LogP contribution >= 0.6 is 0 Å². The summed E-state index contributed by atoms with van der Waals surface area (Å²) in [6, 6.07) is 9.01. The largest absolute Gasteiger partial charge is 0.392 e. The van der Waals surface area contributed by atoms with Gasteiger partial charge in [0.15, 0.2) is 0 Å². The van der Waals surface area contributed by atoms with E-state index in [1.807, 2.05) is 19.1 Å². The first kappa shape index (κ1) is 28.2. The van der Waals surface area contributed by atoms with Crippen molar-refractivity contribution in [1.82, 2.24) is 28.8 Å². The first-order valence-corrected chi connectivity index (χ1v) is 14.2. The summed E-state index contributed by atoms with van der Waals surface area (Å²) in [4.78, 5) is 1.80. The molecule has 8 nitrogen and oxygen atoms in total. The predicted octanol–water partition coefficient (Wildman–Crippen LogP) is 4.76. The Labute approximate surface area is 229 Å². The van der Waals surface area contributed by atoms with Crippen molar-refractivity contribution >= 4 is 20.9 Å². The number of aryl methyl sites for hydroxylation is 2. The molecule has 0 amide bonds. The minimum absolute atomic E-state index is 0.0142. The molecule has 0 bridgehead atoms. The SMILES string of the molecule is Cc1cc2c(cnn2-c2ccc(F)cc2)cc1[C@@H]1CN(S(=O)(=O)c2cnn(C)c2C)CCN1CC(C)C(F)(F)F. The molecule has 214 valence electrons. The molecule has 5 rings (SSSR count). The van der Waals surface area contributed by atoms with E-state index in [1.165, 1.54) is 27.3 Å². The van der Waals surface area contributed by atoms with Crippen molar-refractivity contribution < 1.29 is 26.0 Å². The van der Waals surface area contributed by atoms with E-state index in [4.69, 9.17) is 0 Å². The molecule has 3 heterocycles. The van der Waals surface area contributed by atoms with Crippen LogP contribution in [-0.4, -0.2) is 69.5 Å². The molecule has 2 aromatic carbocycles. The summed E-state index contributed by atoms with van der Waals surface area (Å²) in [6.07, 6.45) is -1.44. The van der Waals surface area contributed by atoms with Crippen molar-refractivity contribution in [3.63, 3.8) is 0 Å². The first-order chi connectivity index (χ1) is 18.8. The van der Waals surface area contributed by atoms with E-state index in [9.17, 15) is 26.0 Å². The Morgan fingerprint density at radius 2 is 1.75 bits per heavy atom. The first-order valence-electron chi connectivity index (χ1n) is 12.8. The van der Waals surface area contributed by atoms with Gasteiger partial charge < -0.3 is 0 Å². The zero-order chi connectivity index (χ0) is 29.0. The number of alkyl halides is 3. The molecule has 1 aliphatic rings. The average Bonchev–Trinajstić information content (AvgIpc) is 3.46. The number of aromatic nitrogens is 4. The van der Waals surface area contributed by atoms with Gasteiger partial charge in [-0.2, -0.15) is 27.7 Å². The number of rotatable bonds is 6. The van der Waals surface area contributed by atoms with Crippen LogP contribution in [0.4, 0.5) is 17.6 Å². The van der Waals surface area contributed by atoms with Gasteiger partial charge in [0.05, 0.1) is 35.2 Å². The number of piperazine rings is 1. The maximum absolute atomic E-state index is 13.6. The average molecular weight is 579 g/mol. The summed E-state index contributed by atoms with van der Waals surface area (Å²) >= 11 is 0. The van der Waals surface area contributed by atoms with E-state index >= 15 is 0 Å². The van der Waals surface area contributed by atoms with Gasteiger partial charge in [-0.25, -0.2) is 17.5 Å². The molecule has 2 aromatic heterocycles. The summed E-state index contributed by atoms with van der Waals surface area (Å²) in [5.74, 6) is -1.96. The monoisotopic (exact) mass is 578 g/mol. The van der Waals surface area contributed by atoms with Gasteiger partial charge in [-0.05, 0) is 61.4 Å². The van der Waals surface area contributed by atoms with E-state index in [0.29, 0.717) is 11.4 Å². The van der Waals surface area contributed by atoms with Crippen LogP contribution < -0.4 is 0 Å². The second kappa shape index (κ2) is 10.3. The quantitative estimate of drug-likeness (QED) is 0.309. The van der Waals surface area contributed by atoms with Crippen molar-refractivity contribution in [2.24, 2.45) is 13.0 Å². The summed E-state index contributed by atoms with van der Waals surface area (Å²) in [5, 5.41) is 9.24. The van der Waals surface area contributed by atoms with E-state index in [-0.39, 0.29) is 36.9 Å². The van der Waals surface area contributed by atoms with Crippen LogP contribution in [0.3, 0.4) is 0 Å². The molecule has 13 heteroatoms. The summed E-state index contributed by atoms with van der Waals surface area (Å²) < 4.78 is 85.8. The molecular formula is C27H30F4N6O2S. The van der Waals surface area contributed by atoms with Crippen molar-refractivity contribution in [3.05, 3.63) is 71.4 Å². The molecule has 40 heavy (non-hydrogen) atoms. The number of hydrogen-bond acceptors (Lipinski definition) is 5. The van der Waals surface area contributed by atoms with Gasteiger partial charge in [-0.1, -0.05) is 6.92 Å². The topological polar surface area (TPSA) is 76.3 Å².